The Kier molecular flexibility index (Phi) is 3.61. The second-order valence-corrected chi connectivity index (χ2v) is 4.23. The zero-order valence-electron chi connectivity index (χ0n) is 11.0. The lowest BCUT2D eigenvalue weighted by atomic mass is 10.2. The third-order valence-electron chi connectivity index (χ3n) is 2.75. The Labute approximate surface area is 114 Å². The molecule has 20 heavy (non-hydrogen) atoms. The van der Waals surface area contributed by atoms with Gasteiger partial charge in [0.1, 0.15) is 6.07 Å². The molecule has 0 saturated carbocycles. The van der Waals surface area contributed by atoms with E-state index in [2.05, 4.69) is 15.4 Å². The number of pyridine rings is 1. The maximum Gasteiger partial charge on any atom is 0.312 e. The molecule has 8 nitrogen and oxygen atoms in total. The fraction of sp³-hybridized carbons (Fsp3) is 0.250. The molecule has 0 aromatic carbocycles. The van der Waals surface area contributed by atoms with Crippen LogP contribution in [0.2, 0.25) is 0 Å². The van der Waals surface area contributed by atoms with Gasteiger partial charge < -0.3 is 5.32 Å². The van der Waals surface area contributed by atoms with Crippen LogP contribution in [-0.4, -0.2) is 19.7 Å². The molecule has 0 spiro atoms. The van der Waals surface area contributed by atoms with E-state index in [9.17, 15) is 10.1 Å². The third kappa shape index (κ3) is 2.72. The average molecular weight is 272 g/mol. The molecule has 0 saturated heterocycles. The van der Waals surface area contributed by atoms with Crippen LogP contribution < -0.4 is 5.32 Å². The Morgan fingerprint density at radius 2 is 2.35 bits per heavy atom. The predicted octanol–water partition coefficient (Wildman–Crippen LogP) is 1.52. The molecule has 102 valence electrons. The van der Waals surface area contributed by atoms with Crippen molar-refractivity contribution >= 4 is 11.5 Å². The maximum absolute atomic E-state index is 11.0. The molecule has 0 fully saturated rings. The number of nitro groups is 1. The first-order valence-electron chi connectivity index (χ1n) is 5.78. The molecule has 1 N–H and O–H groups in total. The van der Waals surface area contributed by atoms with Gasteiger partial charge in [0.15, 0.2) is 0 Å². The summed E-state index contributed by atoms with van der Waals surface area (Å²) in [5, 5.41) is 26.8. The van der Waals surface area contributed by atoms with Crippen LogP contribution in [0.1, 0.15) is 16.8 Å². The summed E-state index contributed by atoms with van der Waals surface area (Å²) in [6, 6.07) is 3.03. The van der Waals surface area contributed by atoms with E-state index in [1.807, 2.05) is 19.2 Å². The predicted molar refractivity (Wildman–Crippen MR) is 70.9 cm³/mol. The summed E-state index contributed by atoms with van der Waals surface area (Å²) in [5.41, 5.74) is 1.70. The van der Waals surface area contributed by atoms with Gasteiger partial charge in [-0.25, -0.2) is 4.98 Å². The van der Waals surface area contributed by atoms with Crippen molar-refractivity contribution in [1.82, 2.24) is 14.8 Å². The number of aryl methyl sites for hydroxylation is 2. The summed E-state index contributed by atoms with van der Waals surface area (Å²) in [5.74, 6) is 0.136. The molecule has 0 radical (unpaired) electrons. The van der Waals surface area contributed by atoms with Gasteiger partial charge in [0.25, 0.3) is 0 Å². The minimum Gasteiger partial charge on any atom is -0.360 e. The van der Waals surface area contributed by atoms with Crippen molar-refractivity contribution in [3.05, 3.63) is 45.4 Å². The molecule has 0 amide bonds. The Morgan fingerprint density at radius 1 is 1.60 bits per heavy atom. The third-order valence-corrected chi connectivity index (χ3v) is 2.75. The number of aromatic nitrogens is 3. The molecule has 0 atom stereocenters. The van der Waals surface area contributed by atoms with E-state index in [1.54, 1.807) is 11.7 Å². The smallest absolute Gasteiger partial charge is 0.312 e. The summed E-state index contributed by atoms with van der Waals surface area (Å²) in [4.78, 5) is 14.3. The van der Waals surface area contributed by atoms with Crippen molar-refractivity contribution in [3.63, 3.8) is 0 Å². The number of nitriles is 1. The fourth-order valence-corrected chi connectivity index (χ4v) is 1.79. The van der Waals surface area contributed by atoms with Crippen LogP contribution in [0.15, 0.2) is 18.5 Å². The van der Waals surface area contributed by atoms with E-state index < -0.39 is 4.92 Å². The van der Waals surface area contributed by atoms with Crippen LogP contribution in [0, 0.1) is 28.4 Å². The molecule has 0 aliphatic carbocycles. The summed E-state index contributed by atoms with van der Waals surface area (Å²) >= 11 is 0. The molecule has 0 bridgehead atoms. The Bertz CT molecular complexity index is 700. The SMILES string of the molecule is Cc1nn(C)cc1CNc1ncc(C#N)cc1[N+](=O)[O-]. The van der Waals surface area contributed by atoms with Gasteiger partial charge >= 0.3 is 5.69 Å². The lowest BCUT2D eigenvalue weighted by Crippen LogP contribution is -2.05. The van der Waals surface area contributed by atoms with Gasteiger partial charge in [-0.3, -0.25) is 14.8 Å². The first kappa shape index (κ1) is 13.5. The fourth-order valence-electron chi connectivity index (χ4n) is 1.79. The average Bonchev–Trinajstić information content (AvgIpc) is 2.74. The van der Waals surface area contributed by atoms with Crippen LogP contribution >= 0.6 is 0 Å². The molecule has 2 heterocycles. The van der Waals surface area contributed by atoms with Gasteiger partial charge in [-0.1, -0.05) is 0 Å². The van der Waals surface area contributed by atoms with Crippen molar-refractivity contribution in [2.24, 2.45) is 7.05 Å². The first-order chi connectivity index (χ1) is 9.51. The highest BCUT2D eigenvalue weighted by atomic mass is 16.6. The zero-order valence-corrected chi connectivity index (χ0v) is 11.0. The topological polar surface area (TPSA) is 110 Å². The molecule has 2 aromatic rings. The second-order valence-electron chi connectivity index (χ2n) is 4.23. The molecule has 0 aliphatic heterocycles. The highest BCUT2D eigenvalue weighted by molar-refractivity contribution is 5.58. The van der Waals surface area contributed by atoms with Crippen molar-refractivity contribution in [3.8, 4) is 6.07 Å². The number of hydrogen-bond acceptors (Lipinski definition) is 6. The lowest BCUT2D eigenvalue weighted by Gasteiger charge is -2.05. The maximum atomic E-state index is 11.0. The summed E-state index contributed by atoms with van der Waals surface area (Å²) < 4.78 is 1.67. The van der Waals surface area contributed by atoms with Crippen molar-refractivity contribution in [2.75, 3.05) is 5.32 Å². The molecule has 0 unspecified atom stereocenters. The van der Waals surface area contributed by atoms with E-state index in [4.69, 9.17) is 5.26 Å². The Morgan fingerprint density at radius 3 is 2.90 bits per heavy atom. The van der Waals surface area contributed by atoms with Crippen LogP contribution in [0.3, 0.4) is 0 Å². The van der Waals surface area contributed by atoms with Crippen LogP contribution in [0.5, 0.6) is 0 Å². The zero-order chi connectivity index (χ0) is 14.7. The van der Waals surface area contributed by atoms with Gasteiger partial charge in [-0.05, 0) is 6.92 Å². The standard InChI is InChI=1S/C12H12N6O2/c1-8-10(7-17(2)16-8)6-15-12-11(18(19)20)3-9(4-13)5-14-12/h3,5,7H,6H2,1-2H3,(H,14,15). The Hall–Kier alpha value is -2.95. The normalized spacial score (nSPS) is 10.1. The van der Waals surface area contributed by atoms with Crippen LogP contribution in [0.25, 0.3) is 0 Å². The molecule has 8 heteroatoms. The Balaban J connectivity index is 2.23. The molecule has 2 rings (SSSR count). The molecular formula is C12H12N6O2. The largest absolute Gasteiger partial charge is 0.360 e. The van der Waals surface area contributed by atoms with Crippen LogP contribution in [0.4, 0.5) is 11.5 Å². The van der Waals surface area contributed by atoms with Crippen molar-refractivity contribution in [2.45, 2.75) is 13.5 Å². The summed E-state index contributed by atoms with van der Waals surface area (Å²) in [6.45, 7) is 2.23. The molecule has 2 aromatic heterocycles. The number of rotatable bonds is 4. The van der Waals surface area contributed by atoms with Gasteiger partial charge in [0.05, 0.1) is 16.2 Å². The number of nitrogens with one attached hydrogen (secondary N) is 1. The van der Waals surface area contributed by atoms with Crippen LogP contribution in [-0.2, 0) is 13.6 Å². The number of nitrogens with zero attached hydrogens (tertiary/aromatic N) is 5. The summed E-state index contributed by atoms with van der Waals surface area (Å²) in [7, 11) is 1.80. The number of hydrogen-bond donors (Lipinski definition) is 1. The molecule has 0 aliphatic rings. The van der Waals surface area contributed by atoms with E-state index in [-0.39, 0.29) is 17.1 Å². The van der Waals surface area contributed by atoms with E-state index in [0.29, 0.717) is 6.54 Å². The highest BCUT2D eigenvalue weighted by Crippen LogP contribution is 2.23. The minimum absolute atomic E-state index is 0.136. The monoisotopic (exact) mass is 272 g/mol. The number of anilines is 1. The minimum atomic E-state index is -0.563. The molecular weight excluding hydrogens is 260 g/mol. The van der Waals surface area contributed by atoms with Gasteiger partial charge in [0.2, 0.25) is 5.82 Å². The van der Waals surface area contributed by atoms with Gasteiger partial charge in [-0.15, -0.1) is 0 Å². The van der Waals surface area contributed by atoms with Crippen molar-refractivity contribution < 1.29 is 4.92 Å². The van der Waals surface area contributed by atoms with Gasteiger partial charge in [-0.2, -0.15) is 10.4 Å². The quantitative estimate of drug-likeness (QED) is 0.667. The summed E-state index contributed by atoms with van der Waals surface area (Å²) in [6.07, 6.45) is 3.13. The van der Waals surface area contributed by atoms with Gasteiger partial charge in [0, 0.05) is 37.6 Å². The highest BCUT2D eigenvalue weighted by Gasteiger charge is 2.16. The van der Waals surface area contributed by atoms with E-state index >= 15 is 0 Å². The van der Waals surface area contributed by atoms with Crippen molar-refractivity contribution in [1.29, 1.82) is 5.26 Å². The second kappa shape index (κ2) is 5.36. The lowest BCUT2D eigenvalue weighted by molar-refractivity contribution is -0.384. The van der Waals surface area contributed by atoms with E-state index in [0.717, 1.165) is 11.3 Å². The first-order valence-corrected chi connectivity index (χ1v) is 5.78. The van der Waals surface area contributed by atoms with E-state index in [1.165, 1.54) is 12.3 Å².